The maximum atomic E-state index is 14.1. The van der Waals surface area contributed by atoms with E-state index in [2.05, 4.69) is 5.10 Å². The molecule has 1 aromatic heterocycles. The molecule has 1 heterocycles. The number of aromatic nitrogens is 3. The van der Waals surface area contributed by atoms with E-state index < -0.39 is 35.6 Å². The van der Waals surface area contributed by atoms with Crippen molar-refractivity contribution in [3.8, 4) is 11.4 Å². The maximum absolute atomic E-state index is 14.1. The van der Waals surface area contributed by atoms with Crippen molar-refractivity contribution in [2.75, 3.05) is 6.61 Å². The number of hydrogen-bond donors (Lipinski definition) is 0. The minimum absolute atomic E-state index is 0.0827. The highest BCUT2D eigenvalue weighted by Gasteiger charge is 2.57. The third-order valence-electron chi connectivity index (χ3n) is 3.80. The molecule has 1 atom stereocenters. The fourth-order valence-electron chi connectivity index (χ4n) is 2.29. The number of benzene rings is 1. The molecule has 0 N–H and O–H groups in total. The predicted molar refractivity (Wildman–Crippen MR) is 77.3 cm³/mol. The van der Waals surface area contributed by atoms with E-state index in [0.29, 0.717) is 4.68 Å². The molecule has 3 rings (SSSR count). The molecule has 0 saturated heterocycles. The number of hydrogen-bond acceptors (Lipinski definition) is 3. The first-order valence-corrected chi connectivity index (χ1v) is 7.46. The molecule has 5 nitrogen and oxygen atoms in total. The third-order valence-corrected chi connectivity index (χ3v) is 4.10. The van der Waals surface area contributed by atoms with E-state index in [0.717, 1.165) is 19.1 Å². The minimum Gasteiger partial charge on any atom is -0.491 e. The van der Waals surface area contributed by atoms with Gasteiger partial charge in [0, 0.05) is 12.5 Å². The summed E-state index contributed by atoms with van der Waals surface area (Å²) in [5, 5.41) is 3.39. The largest absolute Gasteiger partial charge is 0.491 e. The lowest BCUT2D eigenvalue weighted by molar-refractivity contribution is 0.0640. The lowest BCUT2D eigenvalue weighted by Crippen LogP contribution is -2.25. The van der Waals surface area contributed by atoms with Crippen LogP contribution in [0.25, 0.3) is 5.69 Å². The number of aryl methyl sites for hydroxylation is 1. The van der Waals surface area contributed by atoms with E-state index >= 15 is 0 Å². The molecular formula is C14H11ClF5N3O2. The second kappa shape index (κ2) is 6.01. The van der Waals surface area contributed by atoms with E-state index in [4.69, 9.17) is 16.3 Å². The Hall–Kier alpha value is -2.10. The summed E-state index contributed by atoms with van der Waals surface area (Å²) in [5.74, 6) is -5.26. The zero-order valence-corrected chi connectivity index (χ0v) is 13.4. The molecule has 0 aliphatic heterocycles. The van der Waals surface area contributed by atoms with Crippen molar-refractivity contribution < 1.29 is 26.7 Å². The van der Waals surface area contributed by atoms with Gasteiger partial charge in [0.05, 0.1) is 17.5 Å². The Morgan fingerprint density at radius 1 is 1.44 bits per heavy atom. The first-order chi connectivity index (χ1) is 11.6. The Morgan fingerprint density at radius 3 is 2.60 bits per heavy atom. The van der Waals surface area contributed by atoms with Gasteiger partial charge in [-0.05, 0) is 13.0 Å². The molecule has 0 amide bonds. The lowest BCUT2D eigenvalue weighted by atomic mass is 10.3. The van der Waals surface area contributed by atoms with Crippen molar-refractivity contribution in [2.45, 2.75) is 25.8 Å². The van der Waals surface area contributed by atoms with Crippen LogP contribution in [-0.2, 0) is 0 Å². The second-order valence-corrected chi connectivity index (χ2v) is 6.00. The van der Waals surface area contributed by atoms with Crippen LogP contribution >= 0.6 is 11.6 Å². The summed E-state index contributed by atoms with van der Waals surface area (Å²) in [6, 6.07) is 1.75. The highest BCUT2D eigenvalue weighted by atomic mass is 35.5. The van der Waals surface area contributed by atoms with Gasteiger partial charge in [0.25, 0.3) is 5.92 Å². The normalized spacial score (nSPS) is 18.6. The van der Waals surface area contributed by atoms with Gasteiger partial charge in [-0.25, -0.2) is 22.5 Å². The van der Waals surface area contributed by atoms with Crippen LogP contribution < -0.4 is 10.4 Å². The van der Waals surface area contributed by atoms with E-state index in [1.165, 1.54) is 0 Å². The van der Waals surface area contributed by atoms with E-state index in [1.807, 2.05) is 0 Å². The summed E-state index contributed by atoms with van der Waals surface area (Å²) in [6.45, 7) is -2.34. The van der Waals surface area contributed by atoms with Crippen LogP contribution in [0.1, 0.15) is 18.8 Å². The van der Waals surface area contributed by atoms with Crippen LogP contribution in [0, 0.1) is 18.7 Å². The van der Waals surface area contributed by atoms with Gasteiger partial charge in [0.15, 0.2) is 5.82 Å². The zero-order valence-electron chi connectivity index (χ0n) is 12.6. The van der Waals surface area contributed by atoms with Gasteiger partial charge in [0.2, 0.25) is 0 Å². The molecule has 1 unspecified atom stereocenters. The molecule has 25 heavy (non-hydrogen) atoms. The first-order valence-electron chi connectivity index (χ1n) is 7.08. The Morgan fingerprint density at radius 2 is 2.08 bits per heavy atom. The molecule has 1 aliphatic carbocycles. The second-order valence-electron chi connectivity index (χ2n) is 5.60. The molecule has 11 heteroatoms. The van der Waals surface area contributed by atoms with E-state index in [9.17, 15) is 26.7 Å². The number of alkyl halides is 4. The van der Waals surface area contributed by atoms with Gasteiger partial charge < -0.3 is 4.74 Å². The average Bonchev–Trinajstić information content (AvgIpc) is 2.99. The Kier molecular flexibility index (Phi) is 4.26. The third kappa shape index (κ3) is 3.22. The molecule has 1 aromatic carbocycles. The molecule has 136 valence electrons. The van der Waals surface area contributed by atoms with Crippen LogP contribution in [-0.4, -0.2) is 26.9 Å². The van der Waals surface area contributed by atoms with Crippen molar-refractivity contribution in [3.63, 3.8) is 0 Å². The van der Waals surface area contributed by atoms with Crippen LogP contribution in [0.4, 0.5) is 22.0 Å². The molecule has 0 bridgehead atoms. The number of rotatable bonds is 5. The summed E-state index contributed by atoms with van der Waals surface area (Å²) in [6.07, 6.45) is -0.323. The molecule has 2 aromatic rings. The van der Waals surface area contributed by atoms with Gasteiger partial charge in [-0.3, -0.25) is 0 Å². The zero-order chi connectivity index (χ0) is 18.5. The Balaban J connectivity index is 1.96. The summed E-state index contributed by atoms with van der Waals surface area (Å²) >= 11 is 5.81. The highest BCUT2D eigenvalue weighted by Crippen LogP contribution is 2.48. The van der Waals surface area contributed by atoms with E-state index in [-0.39, 0.29) is 34.2 Å². The maximum Gasteiger partial charge on any atom is 0.355 e. The van der Waals surface area contributed by atoms with Crippen LogP contribution in [0.15, 0.2) is 16.9 Å². The molecule has 0 radical (unpaired) electrons. The monoisotopic (exact) mass is 383 g/mol. The highest BCUT2D eigenvalue weighted by molar-refractivity contribution is 6.32. The molecule has 1 saturated carbocycles. The molecular weight excluding hydrogens is 373 g/mol. The predicted octanol–water partition coefficient (Wildman–Crippen LogP) is 3.56. The lowest BCUT2D eigenvalue weighted by Gasteiger charge is -2.10. The summed E-state index contributed by atoms with van der Waals surface area (Å²) in [7, 11) is 0. The number of halogens is 6. The standard InChI is InChI=1S/C14H11ClF5N3O2/c1-6-21-23(13(24)22(6)12(17)18)10-3-11(8(15)2-9(10)16)25-5-7-4-14(7,19)20/h2-3,7,12H,4-5H2,1H3. The van der Waals surface area contributed by atoms with Crippen molar-refractivity contribution >= 4 is 11.6 Å². The SMILES string of the molecule is Cc1nn(-c2cc(OCC3CC3(F)F)c(Cl)cc2F)c(=O)n1C(F)F. The van der Waals surface area contributed by atoms with Crippen LogP contribution in [0.2, 0.25) is 5.02 Å². The van der Waals surface area contributed by atoms with Crippen molar-refractivity contribution in [1.29, 1.82) is 0 Å². The van der Waals surface area contributed by atoms with Gasteiger partial charge in [0.1, 0.15) is 17.3 Å². The fourth-order valence-corrected chi connectivity index (χ4v) is 2.49. The smallest absolute Gasteiger partial charge is 0.355 e. The van der Waals surface area contributed by atoms with Crippen LogP contribution in [0.5, 0.6) is 5.75 Å². The van der Waals surface area contributed by atoms with Crippen molar-refractivity contribution in [1.82, 2.24) is 14.3 Å². The average molecular weight is 384 g/mol. The van der Waals surface area contributed by atoms with Gasteiger partial charge in [-0.1, -0.05) is 11.6 Å². The number of nitrogens with zero attached hydrogens (tertiary/aromatic N) is 3. The number of ether oxygens (including phenoxy) is 1. The molecule has 1 aliphatic rings. The first kappa shape index (κ1) is 17.7. The Bertz CT molecular complexity index is 880. The summed E-state index contributed by atoms with van der Waals surface area (Å²) in [4.78, 5) is 12.0. The van der Waals surface area contributed by atoms with Crippen molar-refractivity contribution in [2.24, 2.45) is 5.92 Å². The Labute approximate surface area is 142 Å². The van der Waals surface area contributed by atoms with Gasteiger partial charge in [-0.15, -0.1) is 5.10 Å². The van der Waals surface area contributed by atoms with E-state index in [1.54, 1.807) is 0 Å². The fraction of sp³-hybridized carbons (Fsp3) is 0.429. The van der Waals surface area contributed by atoms with Crippen LogP contribution in [0.3, 0.4) is 0 Å². The summed E-state index contributed by atoms with van der Waals surface area (Å²) < 4.78 is 71.3. The van der Waals surface area contributed by atoms with Gasteiger partial charge in [-0.2, -0.15) is 13.5 Å². The molecule has 0 spiro atoms. The van der Waals surface area contributed by atoms with Gasteiger partial charge >= 0.3 is 12.2 Å². The summed E-state index contributed by atoms with van der Waals surface area (Å²) in [5.41, 5.74) is -1.73. The van der Waals surface area contributed by atoms with Crippen molar-refractivity contribution in [3.05, 3.63) is 39.3 Å². The topological polar surface area (TPSA) is 49.1 Å². The molecule has 1 fully saturated rings. The minimum atomic E-state index is -3.15. The quantitative estimate of drug-likeness (QED) is 0.742.